The Balaban J connectivity index is 1.42. The lowest BCUT2D eigenvalue weighted by Gasteiger charge is -2.36. The molecule has 9 nitrogen and oxygen atoms in total. The molecular weight excluding hydrogens is 480 g/mol. The van der Waals surface area contributed by atoms with Crippen molar-refractivity contribution in [1.82, 2.24) is 25.1 Å². The van der Waals surface area contributed by atoms with E-state index in [1.807, 2.05) is 70.1 Å². The van der Waals surface area contributed by atoms with Crippen LogP contribution >= 0.6 is 0 Å². The maximum absolute atomic E-state index is 14.1. The summed E-state index contributed by atoms with van der Waals surface area (Å²) in [6.07, 6.45) is 5.09. The van der Waals surface area contributed by atoms with Gasteiger partial charge in [-0.15, -0.1) is 0 Å². The van der Waals surface area contributed by atoms with Crippen LogP contribution in [-0.2, 0) is 0 Å². The predicted octanol–water partition coefficient (Wildman–Crippen LogP) is 4.22. The molecule has 1 saturated carbocycles. The molecule has 1 aliphatic carbocycles. The molecule has 1 aliphatic heterocycles. The van der Waals surface area contributed by atoms with Gasteiger partial charge in [-0.05, 0) is 31.4 Å². The number of carbonyl (C=O) groups excluding carboxylic acids is 1. The van der Waals surface area contributed by atoms with E-state index in [4.69, 9.17) is 0 Å². The van der Waals surface area contributed by atoms with Crippen molar-refractivity contribution in [2.24, 2.45) is 0 Å². The summed E-state index contributed by atoms with van der Waals surface area (Å²) in [5.74, 6) is -0.0765. The van der Waals surface area contributed by atoms with Gasteiger partial charge in [-0.1, -0.05) is 61.4 Å². The molecule has 3 aromatic rings. The summed E-state index contributed by atoms with van der Waals surface area (Å²) in [6.45, 7) is 2.84. The molecule has 2 fully saturated rings. The molecule has 2 aromatic carbocycles. The zero-order valence-electron chi connectivity index (χ0n) is 21.6. The van der Waals surface area contributed by atoms with Crippen molar-refractivity contribution >= 4 is 17.7 Å². The Hall–Kier alpha value is -3.85. The first-order valence-electron chi connectivity index (χ1n) is 13.5. The molecule has 0 unspecified atom stereocenters. The number of piperazine rings is 1. The Morgan fingerprint density at radius 1 is 1.03 bits per heavy atom. The van der Waals surface area contributed by atoms with Crippen LogP contribution in [0.3, 0.4) is 0 Å². The highest BCUT2D eigenvalue weighted by atomic mass is 16.4. The second kappa shape index (κ2) is 12.1. The first-order chi connectivity index (χ1) is 18.6. The topological polar surface area (TPSA) is 112 Å². The van der Waals surface area contributed by atoms with E-state index in [2.05, 4.69) is 20.9 Å². The van der Waals surface area contributed by atoms with Gasteiger partial charge in [-0.2, -0.15) is 0 Å². The highest BCUT2D eigenvalue weighted by molar-refractivity contribution is 5.98. The van der Waals surface area contributed by atoms with E-state index in [9.17, 15) is 14.7 Å². The summed E-state index contributed by atoms with van der Waals surface area (Å²) in [5, 5.41) is 19.0. The molecule has 4 N–H and O–H groups in total. The standard InChI is InChI=1S/C29H36N6O3/c36-28(34-18-17-30-19-23(34)15-16-31-22-11-5-2-6-12-22)26-27(21-9-3-1-4-10-21)35(20-32-26)25-14-8-7-13-24(25)33-29(37)38/h1-6,9-12,20,23-25,30-31,33H,7-8,13-19H2,(H,37,38)/t23-,24+,25+/m1/s1. The van der Waals surface area contributed by atoms with Gasteiger partial charge in [0.15, 0.2) is 5.69 Å². The second-order valence-electron chi connectivity index (χ2n) is 10.1. The zero-order chi connectivity index (χ0) is 26.3. The quantitative estimate of drug-likeness (QED) is 0.357. The average Bonchev–Trinajstić information content (AvgIpc) is 3.39. The lowest BCUT2D eigenvalue weighted by atomic mass is 9.89. The number of hydrogen-bond donors (Lipinski definition) is 4. The van der Waals surface area contributed by atoms with Crippen LogP contribution in [0.25, 0.3) is 11.3 Å². The normalized spacial score (nSPS) is 21.6. The van der Waals surface area contributed by atoms with Crippen LogP contribution in [-0.4, -0.2) is 69.8 Å². The van der Waals surface area contributed by atoms with E-state index in [0.29, 0.717) is 12.2 Å². The molecule has 5 rings (SSSR count). The van der Waals surface area contributed by atoms with E-state index < -0.39 is 6.09 Å². The maximum atomic E-state index is 14.1. The number of benzene rings is 2. The third-order valence-electron chi connectivity index (χ3n) is 7.63. The van der Waals surface area contributed by atoms with Crippen LogP contribution in [0.5, 0.6) is 0 Å². The second-order valence-corrected chi connectivity index (χ2v) is 10.1. The van der Waals surface area contributed by atoms with E-state index in [1.54, 1.807) is 6.33 Å². The van der Waals surface area contributed by atoms with Crippen molar-refractivity contribution < 1.29 is 14.7 Å². The van der Waals surface area contributed by atoms with Gasteiger partial charge < -0.3 is 30.5 Å². The van der Waals surface area contributed by atoms with E-state index in [-0.39, 0.29) is 24.0 Å². The Morgan fingerprint density at radius 2 is 1.76 bits per heavy atom. The number of rotatable bonds is 8. The van der Waals surface area contributed by atoms with Gasteiger partial charge in [0.05, 0.1) is 24.1 Å². The summed E-state index contributed by atoms with van der Waals surface area (Å²) in [4.78, 5) is 32.2. The maximum Gasteiger partial charge on any atom is 0.404 e. The summed E-state index contributed by atoms with van der Waals surface area (Å²) in [7, 11) is 0. The van der Waals surface area contributed by atoms with Crippen LogP contribution in [0.4, 0.5) is 10.5 Å². The molecule has 0 bridgehead atoms. The fourth-order valence-electron chi connectivity index (χ4n) is 5.78. The van der Waals surface area contributed by atoms with Crippen molar-refractivity contribution in [3.8, 4) is 11.3 Å². The van der Waals surface area contributed by atoms with Gasteiger partial charge in [0.25, 0.3) is 5.91 Å². The molecule has 200 valence electrons. The summed E-state index contributed by atoms with van der Waals surface area (Å²) in [6, 6.07) is 19.6. The fourth-order valence-corrected chi connectivity index (χ4v) is 5.78. The first kappa shape index (κ1) is 25.8. The molecule has 2 heterocycles. The van der Waals surface area contributed by atoms with E-state index in [1.165, 1.54) is 0 Å². The number of aromatic nitrogens is 2. The number of para-hydroxylation sites is 1. The van der Waals surface area contributed by atoms with E-state index >= 15 is 0 Å². The van der Waals surface area contributed by atoms with Crippen molar-refractivity contribution in [3.63, 3.8) is 0 Å². The lowest BCUT2D eigenvalue weighted by Crippen LogP contribution is -2.54. The smallest absolute Gasteiger partial charge is 0.404 e. The average molecular weight is 517 g/mol. The third-order valence-corrected chi connectivity index (χ3v) is 7.63. The Morgan fingerprint density at radius 3 is 2.53 bits per heavy atom. The number of carboxylic acid groups (broad SMARTS) is 1. The minimum Gasteiger partial charge on any atom is -0.465 e. The predicted molar refractivity (Wildman–Crippen MR) is 147 cm³/mol. The highest BCUT2D eigenvalue weighted by Crippen LogP contribution is 2.35. The number of nitrogens with one attached hydrogen (secondary N) is 3. The minimum atomic E-state index is -1.02. The number of nitrogens with zero attached hydrogens (tertiary/aromatic N) is 3. The van der Waals surface area contributed by atoms with Gasteiger partial charge >= 0.3 is 6.09 Å². The largest absolute Gasteiger partial charge is 0.465 e. The highest BCUT2D eigenvalue weighted by Gasteiger charge is 2.34. The summed E-state index contributed by atoms with van der Waals surface area (Å²) >= 11 is 0. The molecule has 2 amide bonds. The fraction of sp³-hybridized carbons (Fsp3) is 0.414. The monoisotopic (exact) mass is 516 g/mol. The minimum absolute atomic E-state index is 0.0392. The zero-order valence-corrected chi connectivity index (χ0v) is 21.6. The first-order valence-corrected chi connectivity index (χ1v) is 13.5. The van der Waals surface area contributed by atoms with Gasteiger partial charge in [-0.3, -0.25) is 4.79 Å². The SMILES string of the molecule is O=C(O)N[C@H]1CCCC[C@@H]1n1cnc(C(=O)N2CCNC[C@H]2CCNc2ccccc2)c1-c1ccccc1. The molecular formula is C29H36N6O3. The van der Waals surface area contributed by atoms with Crippen LogP contribution in [0.15, 0.2) is 67.0 Å². The van der Waals surface area contributed by atoms with Crippen LogP contribution in [0.2, 0.25) is 0 Å². The number of amides is 2. The summed E-state index contributed by atoms with van der Waals surface area (Å²) in [5.41, 5.74) is 3.17. The number of imidazole rings is 1. The Labute approximate surface area is 223 Å². The van der Waals surface area contributed by atoms with Crippen LogP contribution in [0, 0.1) is 0 Å². The van der Waals surface area contributed by atoms with Crippen molar-refractivity contribution in [1.29, 1.82) is 0 Å². The molecule has 0 radical (unpaired) electrons. The lowest BCUT2D eigenvalue weighted by molar-refractivity contribution is 0.0624. The molecule has 1 aromatic heterocycles. The summed E-state index contributed by atoms with van der Waals surface area (Å²) < 4.78 is 2.04. The van der Waals surface area contributed by atoms with Crippen LogP contribution < -0.4 is 16.0 Å². The number of hydrogen-bond acceptors (Lipinski definition) is 5. The van der Waals surface area contributed by atoms with Gasteiger partial charge in [0.1, 0.15) is 0 Å². The van der Waals surface area contributed by atoms with Crippen LogP contribution in [0.1, 0.15) is 48.6 Å². The molecule has 38 heavy (non-hydrogen) atoms. The Bertz CT molecular complexity index is 1220. The third kappa shape index (κ3) is 5.83. The van der Waals surface area contributed by atoms with Crippen molar-refractivity contribution in [2.75, 3.05) is 31.5 Å². The molecule has 1 saturated heterocycles. The molecule has 2 aliphatic rings. The van der Waals surface area contributed by atoms with Crippen molar-refractivity contribution in [2.45, 2.75) is 50.2 Å². The van der Waals surface area contributed by atoms with Gasteiger partial charge in [0, 0.05) is 43.5 Å². The molecule has 9 heteroatoms. The van der Waals surface area contributed by atoms with E-state index in [0.717, 1.165) is 68.7 Å². The Kier molecular flexibility index (Phi) is 8.23. The van der Waals surface area contributed by atoms with Gasteiger partial charge in [-0.25, -0.2) is 9.78 Å². The molecule has 3 atom stereocenters. The van der Waals surface area contributed by atoms with Crippen molar-refractivity contribution in [3.05, 3.63) is 72.7 Å². The number of carbonyl (C=O) groups is 2. The molecule has 0 spiro atoms. The van der Waals surface area contributed by atoms with Gasteiger partial charge in [0.2, 0.25) is 0 Å². The number of anilines is 1.